The van der Waals surface area contributed by atoms with Gasteiger partial charge in [0.05, 0.1) is 5.75 Å². The highest BCUT2D eigenvalue weighted by atomic mass is 32.2. The van der Waals surface area contributed by atoms with Crippen molar-refractivity contribution >= 4 is 10.1 Å². The fourth-order valence-electron chi connectivity index (χ4n) is 1.40. The normalized spacial score (nSPS) is 13.8. The van der Waals surface area contributed by atoms with E-state index in [1.165, 1.54) is 0 Å². The molecule has 0 unspecified atom stereocenters. The molecule has 4 nitrogen and oxygen atoms in total. The lowest BCUT2D eigenvalue weighted by molar-refractivity contribution is 0.261. The van der Waals surface area contributed by atoms with Crippen LogP contribution in [0.15, 0.2) is 0 Å². The van der Waals surface area contributed by atoms with E-state index in [-0.39, 0.29) is 5.75 Å². The lowest BCUT2D eigenvalue weighted by Gasteiger charge is -2.26. The third-order valence-corrected chi connectivity index (χ3v) is 2.46. The fraction of sp³-hybridized carbons (Fsp3) is 1.00. The highest BCUT2D eigenvalue weighted by Crippen LogP contribution is 2.17. The summed E-state index contributed by atoms with van der Waals surface area (Å²) in [7, 11) is -0.120. The fourth-order valence-corrected chi connectivity index (χ4v) is 2.47. The summed E-state index contributed by atoms with van der Waals surface area (Å²) in [6, 6.07) is 0. The zero-order chi connectivity index (χ0) is 9.99. The first-order valence-electron chi connectivity index (χ1n) is 3.72. The minimum Gasteiger partial charge on any atom is -0.309 e. The Kier molecular flexibility index (Phi) is 3.68. The van der Waals surface area contributed by atoms with E-state index in [0.717, 1.165) is 0 Å². The number of rotatable bonds is 4. The van der Waals surface area contributed by atoms with Crippen molar-refractivity contribution in [1.29, 1.82) is 0 Å². The van der Waals surface area contributed by atoms with Crippen LogP contribution in [0.4, 0.5) is 0 Å². The van der Waals surface area contributed by atoms with Gasteiger partial charge in [-0.3, -0.25) is 4.55 Å². The molecule has 0 fully saturated rings. The molecular weight excluding hydrogens is 178 g/mol. The van der Waals surface area contributed by atoms with Crippen molar-refractivity contribution in [2.75, 3.05) is 26.4 Å². The van der Waals surface area contributed by atoms with Crippen LogP contribution in [-0.2, 0) is 10.1 Å². The molecular formula is C7H17NO3S. The topological polar surface area (TPSA) is 57.6 Å². The molecule has 74 valence electrons. The Hall–Kier alpha value is -0.130. The predicted octanol–water partition coefficient (Wildman–Crippen LogP) is 0.462. The Labute approximate surface area is 74.3 Å². The van der Waals surface area contributed by atoms with Crippen molar-refractivity contribution in [3.05, 3.63) is 0 Å². The van der Waals surface area contributed by atoms with E-state index in [1.807, 2.05) is 19.0 Å². The van der Waals surface area contributed by atoms with Gasteiger partial charge in [0, 0.05) is 6.54 Å². The summed E-state index contributed by atoms with van der Waals surface area (Å²) in [5, 5.41) is 0. The van der Waals surface area contributed by atoms with Crippen molar-refractivity contribution in [1.82, 2.24) is 4.90 Å². The molecule has 0 heterocycles. The van der Waals surface area contributed by atoms with E-state index < -0.39 is 15.5 Å². The Morgan fingerprint density at radius 1 is 1.33 bits per heavy atom. The molecule has 5 heteroatoms. The third-order valence-electron chi connectivity index (χ3n) is 1.32. The van der Waals surface area contributed by atoms with Gasteiger partial charge in [0.1, 0.15) is 0 Å². The second-order valence-corrected chi connectivity index (χ2v) is 5.58. The molecule has 1 N–H and O–H groups in total. The van der Waals surface area contributed by atoms with Gasteiger partial charge in [-0.05, 0) is 19.5 Å². The van der Waals surface area contributed by atoms with Crippen molar-refractivity contribution in [2.24, 2.45) is 5.41 Å². The van der Waals surface area contributed by atoms with Crippen LogP contribution < -0.4 is 0 Å². The van der Waals surface area contributed by atoms with E-state index in [1.54, 1.807) is 13.8 Å². The molecule has 0 atom stereocenters. The van der Waals surface area contributed by atoms with Gasteiger partial charge in [0.15, 0.2) is 0 Å². The van der Waals surface area contributed by atoms with Crippen molar-refractivity contribution in [2.45, 2.75) is 13.8 Å². The van der Waals surface area contributed by atoms with Gasteiger partial charge in [-0.2, -0.15) is 8.42 Å². The van der Waals surface area contributed by atoms with Gasteiger partial charge in [0.2, 0.25) is 0 Å². The molecule has 0 spiro atoms. The molecule has 0 aliphatic rings. The standard InChI is InChI=1S/C7H17NO3S/c1-7(2,5-8(3)4)6-12(9,10)11/h5-6H2,1-4H3,(H,9,10,11). The van der Waals surface area contributed by atoms with E-state index in [4.69, 9.17) is 4.55 Å². The van der Waals surface area contributed by atoms with Gasteiger partial charge in [-0.15, -0.1) is 0 Å². The van der Waals surface area contributed by atoms with E-state index >= 15 is 0 Å². The quantitative estimate of drug-likeness (QED) is 0.662. The van der Waals surface area contributed by atoms with E-state index in [0.29, 0.717) is 6.54 Å². The molecule has 12 heavy (non-hydrogen) atoms. The summed E-state index contributed by atoms with van der Waals surface area (Å²) in [6.45, 7) is 4.24. The first-order chi connectivity index (χ1) is 5.12. The van der Waals surface area contributed by atoms with E-state index in [9.17, 15) is 8.42 Å². The molecule has 0 saturated carbocycles. The van der Waals surface area contributed by atoms with Gasteiger partial charge >= 0.3 is 0 Å². The Bertz CT molecular complexity index is 231. The monoisotopic (exact) mass is 195 g/mol. The zero-order valence-electron chi connectivity index (χ0n) is 8.03. The van der Waals surface area contributed by atoms with Gasteiger partial charge in [-0.1, -0.05) is 13.8 Å². The first-order valence-corrected chi connectivity index (χ1v) is 5.33. The molecule has 0 radical (unpaired) electrons. The predicted molar refractivity (Wildman–Crippen MR) is 48.8 cm³/mol. The number of hydrogen-bond acceptors (Lipinski definition) is 3. The molecule has 0 amide bonds. The molecule has 0 aromatic rings. The molecule has 0 bridgehead atoms. The molecule has 0 aromatic carbocycles. The molecule has 0 saturated heterocycles. The third kappa shape index (κ3) is 6.57. The number of nitrogens with zero attached hydrogens (tertiary/aromatic N) is 1. The minimum atomic E-state index is -3.85. The molecule has 0 aliphatic heterocycles. The largest absolute Gasteiger partial charge is 0.309 e. The van der Waals surface area contributed by atoms with Crippen LogP contribution in [0.3, 0.4) is 0 Å². The van der Waals surface area contributed by atoms with Crippen LogP contribution in [0.1, 0.15) is 13.8 Å². The SMILES string of the molecule is CN(C)CC(C)(C)CS(=O)(=O)O. The smallest absolute Gasteiger partial charge is 0.265 e. The molecule has 0 rings (SSSR count). The summed E-state index contributed by atoms with van der Waals surface area (Å²) < 4.78 is 29.8. The van der Waals surface area contributed by atoms with Gasteiger partial charge < -0.3 is 4.90 Å². The minimum absolute atomic E-state index is 0.196. The average molecular weight is 195 g/mol. The van der Waals surface area contributed by atoms with Crippen LogP contribution in [-0.4, -0.2) is 44.3 Å². The lowest BCUT2D eigenvalue weighted by atomic mass is 9.96. The van der Waals surface area contributed by atoms with Crippen LogP contribution in [0, 0.1) is 5.41 Å². The first kappa shape index (κ1) is 11.9. The molecule has 0 aliphatic carbocycles. The highest BCUT2D eigenvalue weighted by molar-refractivity contribution is 7.85. The summed E-state index contributed by atoms with van der Waals surface area (Å²) in [6.07, 6.45) is 0. The van der Waals surface area contributed by atoms with Gasteiger partial charge in [0.25, 0.3) is 10.1 Å². The maximum absolute atomic E-state index is 10.6. The molecule has 0 aromatic heterocycles. The second-order valence-electron chi connectivity index (χ2n) is 4.13. The number of hydrogen-bond donors (Lipinski definition) is 1. The van der Waals surface area contributed by atoms with Crippen LogP contribution in [0.25, 0.3) is 0 Å². The van der Waals surface area contributed by atoms with Crippen LogP contribution >= 0.6 is 0 Å². The average Bonchev–Trinajstić information content (AvgIpc) is 1.48. The van der Waals surface area contributed by atoms with Crippen LogP contribution in [0.5, 0.6) is 0 Å². The Morgan fingerprint density at radius 3 is 2.00 bits per heavy atom. The van der Waals surface area contributed by atoms with Crippen LogP contribution in [0.2, 0.25) is 0 Å². The summed E-state index contributed by atoms with van der Waals surface area (Å²) >= 11 is 0. The summed E-state index contributed by atoms with van der Waals surface area (Å²) in [5.74, 6) is -0.196. The second kappa shape index (κ2) is 3.72. The lowest BCUT2D eigenvalue weighted by Crippen LogP contribution is -2.34. The van der Waals surface area contributed by atoms with E-state index in [2.05, 4.69) is 0 Å². The summed E-state index contributed by atoms with van der Waals surface area (Å²) in [4.78, 5) is 1.89. The maximum atomic E-state index is 10.6. The van der Waals surface area contributed by atoms with Crippen molar-refractivity contribution < 1.29 is 13.0 Å². The van der Waals surface area contributed by atoms with Gasteiger partial charge in [-0.25, -0.2) is 0 Å². The van der Waals surface area contributed by atoms with Crippen molar-refractivity contribution in [3.8, 4) is 0 Å². The summed E-state index contributed by atoms with van der Waals surface area (Å²) in [5.41, 5.74) is -0.406. The zero-order valence-corrected chi connectivity index (χ0v) is 8.85. The highest BCUT2D eigenvalue weighted by Gasteiger charge is 2.25. The van der Waals surface area contributed by atoms with Crippen molar-refractivity contribution in [3.63, 3.8) is 0 Å². The Morgan fingerprint density at radius 2 is 1.75 bits per heavy atom. The Balaban J connectivity index is 4.23. The maximum Gasteiger partial charge on any atom is 0.265 e.